The summed E-state index contributed by atoms with van der Waals surface area (Å²) in [5, 5.41) is 3.24. The summed E-state index contributed by atoms with van der Waals surface area (Å²) in [4.78, 5) is 11.9. The topological polar surface area (TPSA) is 29.1 Å². The zero-order valence-corrected chi connectivity index (χ0v) is 8.78. The lowest BCUT2D eigenvalue weighted by atomic mass is 10.4. The zero-order valence-electron chi connectivity index (χ0n) is 7.21. The number of carbonyl (C=O) groups is 1. The highest BCUT2D eigenvalue weighted by Gasteiger charge is 2.02. The summed E-state index contributed by atoms with van der Waals surface area (Å²) in [6.07, 6.45) is 0. The number of nitrogens with one attached hydrogen (secondary N) is 1. The van der Waals surface area contributed by atoms with E-state index in [0.717, 1.165) is 4.90 Å². The first-order chi connectivity index (χ1) is 6.24. The van der Waals surface area contributed by atoms with Gasteiger partial charge in [-0.3, -0.25) is 4.79 Å². The van der Waals surface area contributed by atoms with E-state index in [2.05, 4.69) is 5.32 Å². The van der Waals surface area contributed by atoms with Crippen LogP contribution in [0.5, 0.6) is 0 Å². The maximum absolute atomic E-state index is 10.9. The molecular weight excluding hydrogens is 206 g/mol. The van der Waals surface area contributed by atoms with Crippen molar-refractivity contribution in [3.8, 4) is 0 Å². The van der Waals surface area contributed by atoms with Crippen LogP contribution in [-0.2, 0) is 4.79 Å². The Labute approximate surface area is 86.7 Å². The van der Waals surface area contributed by atoms with Crippen LogP contribution in [0.25, 0.3) is 0 Å². The summed E-state index contributed by atoms with van der Waals surface area (Å²) >= 11 is 7.33. The Morgan fingerprint density at radius 1 is 1.54 bits per heavy atom. The molecule has 0 unspecified atom stereocenters. The number of hydrogen-bond acceptors (Lipinski definition) is 2. The van der Waals surface area contributed by atoms with Gasteiger partial charge in [-0.1, -0.05) is 23.7 Å². The summed E-state index contributed by atoms with van der Waals surface area (Å²) in [5.41, 5.74) is 0. The monoisotopic (exact) mass is 215 g/mol. The fourth-order valence-electron chi connectivity index (χ4n) is 0.777. The maximum Gasteiger partial charge on any atom is 0.230 e. The van der Waals surface area contributed by atoms with Gasteiger partial charge in [0, 0.05) is 11.9 Å². The van der Waals surface area contributed by atoms with Crippen molar-refractivity contribution >= 4 is 29.3 Å². The highest BCUT2D eigenvalue weighted by atomic mass is 35.5. The third-order valence-corrected chi connectivity index (χ3v) is 2.99. The second kappa shape index (κ2) is 5.14. The molecule has 0 aromatic heterocycles. The molecule has 0 bridgehead atoms. The SMILES string of the molecule is CNC(=O)CSc1ccccc1Cl. The molecule has 0 fully saturated rings. The second-order valence-electron chi connectivity index (χ2n) is 2.39. The summed E-state index contributed by atoms with van der Waals surface area (Å²) in [7, 11) is 1.62. The van der Waals surface area contributed by atoms with E-state index >= 15 is 0 Å². The maximum atomic E-state index is 10.9. The molecule has 70 valence electrons. The minimum Gasteiger partial charge on any atom is -0.358 e. The minimum atomic E-state index is 0.00456. The van der Waals surface area contributed by atoms with E-state index in [1.807, 2.05) is 24.3 Å². The highest BCUT2D eigenvalue weighted by molar-refractivity contribution is 8.00. The quantitative estimate of drug-likeness (QED) is 0.784. The van der Waals surface area contributed by atoms with Gasteiger partial charge in [0.2, 0.25) is 5.91 Å². The molecule has 1 aromatic rings. The van der Waals surface area contributed by atoms with Crippen LogP contribution in [0.2, 0.25) is 5.02 Å². The third kappa shape index (κ3) is 3.28. The van der Waals surface area contributed by atoms with Crippen LogP contribution in [0.3, 0.4) is 0 Å². The van der Waals surface area contributed by atoms with Crippen LogP contribution >= 0.6 is 23.4 Å². The Morgan fingerprint density at radius 2 is 2.23 bits per heavy atom. The fourth-order valence-corrected chi connectivity index (χ4v) is 1.89. The fraction of sp³-hybridized carbons (Fsp3) is 0.222. The predicted octanol–water partition coefficient (Wildman–Crippen LogP) is 2.18. The Kier molecular flexibility index (Phi) is 4.12. The van der Waals surface area contributed by atoms with Crippen molar-refractivity contribution in [2.45, 2.75) is 4.90 Å². The molecule has 0 aliphatic rings. The van der Waals surface area contributed by atoms with Gasteiger partial charge in [0.1, 0.15) is 0 Å². The molecule has 1 N–H and O–H groups in total. The predicted molar refractivity (Wildman–Crippen MR) is 56.2 cm³/mol. The third-order valence-electron chi connectivity index (χ3n) is 1.47. The lowest BCUT2D eigenvalue weighted by molar-refractivity contribution is -0.118. The van der Waals surface area contributed by atoms with Gasteiger partial charge in [-0.2, -0.15) is 0 Å². The van der Waals surface area contributed by atoms with Gasteiger partial charge in [-0.15, -0.1) is 11.8 Å². The molecule has 0 saturated heterocycles. The van der Waals surface area contributed by atoms with Crippen molar-refractivity contribution in [3.63, 3.8) is 0 Å². The molecule has 0 heterocycles. The smallest absolute Gasteiger partial charge is 0.230 e. The lowest BCUT2D eigenvalue weighted by Gasteiger charge is -2.02. The molecule has 4 heteroatoms. The average Bonchev–Trinajstić information content (AvgIpc) is 2.16. The van der Waals surface area contributed by atoms with Crippen molar-refractivity contribution < 1.29 is 4.79 Å². The van der Waals surface area contributed by atoms with Crippen LogP contribution in [0.15, 0.2) is 29.2 Å². The number of hydrogen-bond donors (Lipinski definition) is 1. The summed E-state index contributed by atoms with van der Waals surface area (Å²) in [6, 6.07) is 7.48. The Hall–Kier alpha value is -0.670. The van der Waals surface area contributed by atoms with E-state index in [-0.39, 0.29) is 5.91 Å². The first-order valence-corrected chi connectivity index (χ1v) is 5.18. The van der Waals surface area contributed by atoms with Gasteiger partial charge < -0.3 is 5.32 Å². The first kappa shape index (κ1) is 10.4. The van der Waals surface area contributed by atoms with Crippen LogP contribution in [0.1, 0.15) is 0 Å². The van der Waals surface area contributed by atoms with E-state index in [9.17, 15) is 4.79 Å². The van der Waals surface area contributed by atoms with E-state index in [4.69, 9.17) is 11.6 Å². The standard InChI is InChI=1S/C9H10ClNOS/c1-11-9(12)6-13-8-5-3-2-4-7(8)10/h2-5H,6H2,1H3,(H,11,12). The van der Waals surface area contributed by atoms with Gasteiger partial charge in [-0.05, 0) is 12.1 Å². The molecule has 13 heavy (non-hydrogen) atoms. The van der Waals surface area contributed by atoms with Gasteiger partial charge in [0.25, 0.3) is 0 Å². The lowest BCUT2D eigenvalue weighted by Crippen LogP contribution is -2.19. The number of benzene rings is 1. The number of carbonyl (C=O) groups excluding carboxylic acids is 1. The number of amides is 1. The van der Waals surface area contributed by atoms with Crippen molar-refractivity contribution in [3.05, 3.63) is 29.3 Å². The molecule has 1 aromatic carbocycles. The minimum absolute atomic E-state index is 0.00456. The zero-order chi connectivity index (χ0) is 9.68. The van der Waals surface area contributed by atoms with E-state index in [0.29, 0.717) is 10.8 Å². The highest BCUT2D eigenvalue weighted by Crippen LogP contribution is 2.25. The Balaban J connectivity index is 2.54. The van der Waals surface area contributed by atoms with E-state index in [1.54, 1.807) is 7.05 Å². The molecule has 0 atom stereocenters. The summed E-state index contributed by atoms with van der Waals surface area (Å²) in [5.74, 6) is 0.408. The van der Waals surface area contributed by atoms with Gasteiger partial charge in [-0.25, -0.2) is 0 Å². The molecule has 1 amide bonds. The molecular formula is C9H10ClNOS. The Bertz CT molecular complexity index is 303. The molecule has 1 rings (SSSR count). The normalized spacial score (nSPS) is 9.69. The van der Waals surface area contributed by atoms with E-state index < -0.39 is 0 Å². The Morgan fingerprint density at radius 3 is 2.85 bits per heavy atom. The molecule has 0 aliphatic carbocycles. The van der Waals surface area contributed by atoms with Crippen molar-refractivity contribution in [1.29, 1.82) is 0 Å². The van der Waals surface area contributed by atoms with Crippen LogP contribution in [-0.4, -0.2) is 18.7 Å². The number of halogens is 1. The van der Waals surface area contributed by atoms with Gasteiger partial charge in [0.15, 0.2) is 0 Å². The summed E-state index contributed by atoms with van der Waals surface area (Å²) < 4.78 is 0. The molecule has 0 spiro atoms. The van der Waals surface area contributed by atoms with Gasteiger partial charge in [0.05, 0.1) is 10.8 Å². The van der Waals surface area contributed by atoms with Crippen molar-refractivity contribution in [2.75, 3.05) is 12.8 Å². The van der Waals surface area contributed by atoms with Crippen molar-refractivity contribution in [1.82, 2.24) is 5.32 Å². The molecule has 2 nitrogen and oxygen atoms in total. The first-order valence-electron chi connectivity index (χ1n) is 3.82. The largest absolute Gasteiger partial charge is 0.358 e. The molecule has 0 aliphatic heterocycles. The molecule has 0 saturated carbocycles. The second-order valence-corrected chi connectivity index (χ2v) is 3.82. The van der Waals surface area contributed by atoms with Gasteiger partial charge >= 0.3 is 0 Å². The number of thioether (sulfide) groups is 1. The summed E-state index contributed by atoms with van der Waals surface area (Å²) in [6.45, 7) is 0. The average molecular weight is 216 g/mol. The van der Waals surface area contributed by atoms with Crippen LogP contribution < -0.4 is 5.32 Å². The molecule has 0 radical (unpaired) electrons. The number of rotatable bonds is 3. The van der Waals surface area contributed by atoms with Crippen LogP contribution in [0.4, 0.5) is 0 Å². The van der Waals surface area contributed by atoms with Crippen LogP contribution in [0, 0.1) is 0 Å². The van der Waals surface area contributed by atoms with Crippen molar-refractivity contribution in [2.24, 2.45) is 0 Å². The van der Waals surface area contributed by atoms with E-state index in [1.165, 1.54) is 11.8 Å².